The lowest BCUT2D eigenvalue weighted by molar-refractivity contribution is 0.0487. The van der Waals surface area contributed by atoms with Crippen molar-refractivity contribution in [2.75, 3.05) is 27.2 Å². The molecule has 27 heavy (non-hydrogen) atoms. The maximum Gasteiger partial charge on any atom is 0.253 e. The summed E-state index contributed by atoms with van der Waals surface area (Å²) < 4.78 is 5.89. The Morgan fingerprint density at radius 1 is 1.00 bits per heavy atom. The molecule has 4 rings (SSSR count). The molecule has 1 unspecified atom stereocenters. The maximum atomic E-state index is 13.0. The molecule has 142 valence electrons. The van der Waals surface area contributed by atoms with Crippen LogP contribution in [0.3, 0.4) is 0 Å². The first-order valence-corrected chi connectivity index (χ1v) is 9.81. The minimum atomic E-state index is 0.145. The van der Waals surface area contributed by atoms with Gasteiger partial charge in [0.05, 0.1) is 0 Å². The van der Waals surface area contributed by atoms with E-state index < -0.39 is 0 Å². The highest BCUT2D eigenvalue weighted by atomic mass is 16.5. The minimum absolute atomic E-state index is 0.145. The second-order valence-electron chi connectivity index (χ2n) is 8.20. The van der Waals surface area contributed by atoms with E-state index >= 15 is 0 Å². The molecule has 2 aromatic carbocycles. The Morgan fingerprint density at radius 3 is 2.26 bits per heavy atom. The van der Waals surface area contributed by atoms with Gasteiger partial charge in [0.25, 0.3) is 5.91 Å². The standard InChI is InChI=1S/C23H28N2O2/c1-16-5-4-6-21(13-16)27-20-11-9-17(10-12-20)23(26)25-14-18-7-8-19(15-25)22(18)24(2)3/h4-6,9-13,18-19,22H,7-8,14-15H2,1-3H3/t18-,19+,22?. The third-order valence-corrected chi connectivity index (χ3v) is 5.99. The number of nitrogens with zero attached hydrogens (tertiary/aromatic N) is 2. The molecule has 2 fully saturated rings. The maximum absolute atomic E-state index is 13.0. The molecule has 0 radical (unpaired) electrons. The SMILES string of the molecule is Cc1cccc(Oc2ccc(C(=O)N3C[C@H]4CC[C@@H](C3)C4N(C)C)cc2)c1. The van der Waals surface area contributed by atoms with Gasteiger partial charge in [0.2, 0.25) is 0 Å². The lowest BCUT2D eigenvalue weighted by Crippen LogP contribution is -2.52. The average molecular weight is 364 g/mol. The van der Waals surface area contributed by atoms with E-state index in [1.807, 2.05) is 55.5 Å². The Labute approximate surface area is 161 Å². The first-order chi connectivity index (χ1) is 13.0. The third kappa shape index (κ3) is 3.72. The average Bonchev–Trinajstić information content (AvgIpc) is 2.92. The minimum Gasteiger partial charge on any atom is -0.457 e. The number of likely N-dealkylation sites (tertiary alicyclic amines) is 1. The number of piperidine rings is 1. The molecule has 4 nitrogen and oxygen atoms in total. The van der Waals surface area contributed by atoms with Crippen molar-refractivity contribution < 1.29 is 9.53 Å². The Hall–Kier alpha value is -2.33. The Kier molecular flexibility index (Phi) is 4.92. The lowest BCUT2D eigenvalue weighted by atomic mass is 9.91. The number of ether oxygens (including phenoxy) is 1. The van der Waals surface area contributed by atoms with Crippen molar-refractivity contribution in [1.82, 2.24) is 9.80 Å². The summed E-state index contributed by atoms with van der Waals surface area (Å²) in [5.41, 5.74) is 1.91. The largest absolute Gasteiger partial charge is 0.457 e. The Balaban J connectivity index is 1.43. The summed E-state index contributed by atoms with van der Waals surface area (Å²) in [7, 11) is 4.33. The second kappa shape index (κ2) is 7.35. The molecule has 2 aliphatic rings. The topological polar surface area (TPSA) is 32.8 Å². The van der Waals surface area contributed by atoms with Crippen LogP contribution in [0, 0.1) is 18.8 Å². The first-order valence-electron chi connectivity index (χ1n) is 9.81. The van der Waals surface area contributed by atoms with Crippen molar-refractivity contribution in [3.8, 4) is 11.5 Å². The molecule has 1 saturated carbocycles. The van der Waals surface area contributed by atoms with Crippen molar-refractivity contribution in [2.24, 2.45) is 11.8 Å². The number of rotatable bonds is 4. The van der Waals surface area contributed by atoms with E-state index in [1.54, 1.807) is 0 Å². The highest BCUT2D eigenvalue weighted by Gasteiger charge is 2.44. The summed E-state index contributed by atoms with van der Waals surface area (Å²) >= 11 is 0. The van der Waals surface area contributed by atoms with Crippen molar-refractivity contribution in [1.29, 1.82) is 0 Å². The van der Waals surface area contributed by atoms with Gasteiger partial charge in [-0.2, -0.15) is 0 Å². The summed E-state index contributed by atoms with van der Waals surface area (Å²) in [5, 5.41) is 0. The normalized spacial score (nSPS) is 24.3. The highest BCUT2D eigenvalue weighted by molar-refractivity contribution is 5.94. The molecule has 1 saturated heterocycles. The van der Waals surface area contributed by atoms with Gasteiger partial charge < -0.3 is 14.5 Å². The summed E-state index contributed by atoms with van der Waals surface area (Å²) in [6, 6.07) is 16.1. The van der Waals surface area contributed by atoms with Crippen LogP contribution >= 0.6 is 0 Å². The number of hydrogen-bond donors (Lipinski definition) is 0. The first kappa shape index (κ1) is 18.1. The number of aryl methyl sites for hydroxylation is 1. The molecule has 1 amide bonds. The number of carbonyl (C=O) groups is 1. The zero-order chi connectivity index (χ0) is 19.0. The van der Waals surface area contributed by atoms with Crippen LogP contribution in [0.15, 0.2) is 48.5 Å². The molecule has 1 aliphatic carbocycles. The van der Waals surface area contributed by atoms with Crippen LogP contribution in [0.1, 0.15) is 28.8 Å². The van der Waals surface area contributed by atoms with E-state index in [0.717, 1.165) is 35.7 Å². The van der Waals surface area contributed by atoms with E-state index in [2.05, 4.69) is 23.9 Å². The summed E-state index contributed by atoms with van der Waals surface area (Å²) in [6.45, 7) is 3.79. The van der Waals surface area contributed by atoms with Gasteiger partial charge in [-0.25, -0.2) is 0 Å². The van der Waals surface area contributed by atoms with Crippen LogP contribution in [-0.2, 0) is 0 Å². The molecule has 4 heteroatoms. The van der Waals surface area contributed by atoms with Crippen LogP contribution in [0.25, 0.3) is 0 Å². The Morgan fingerprint density at radius 2 is 1.67 bits per heavy atom. The molecule has 0 N–H and O–H groups in total. The monoisotopic (exact) mass is 364 g/mol. The predicted molar refractivity (Wildman–Crippen MR) is 107 cm³/mol. The molecule has 3 atom stereocenters. The molecular formula is C23H28N2O2. The fraction of sp³-hybridized carbons (Fsp3) is 0.435. The lowest BCUT2D eigenvalue weighted by Gasteiger charge is -2.41. The van der Waals surface area contributed by atoms with Gasteiger partial charge in [0, 0.05) is 24.7 Å². The summed E-state index contributed by atoms with van der Waals surface area (Å²) in [6.07, 6.45) is 2.47. The number of benzene rings is 2. The van der Waals surface area contributed by atoms with Gasteiger partial charge in [-0.3, -0.25) is 4.79 Å². The van der Waals surface area contributed by atoms with Gasteiger partial charge in [0.1, 0.15) is 11.5 Å². The molecule has 0 spiro atoms. The summed E-state index contributed by atoms with van der Waals surface area (Å²) in [5.74, 6) is 2.92. The van der Waals surface area contributed by atoms with E-state index in [0.29, 0.717) is 17.9 Å². The van der Waals surface area contributed by atoms with Gasteiger partial charge >= 0.3 is 0 Å². The van der Waals surface area contributed by atoms with E-state index in [9.17, 15) is 4.79 Å². The van der Waals surface area contributed by atoms with E-state index in [-0.39, 0.29) is 5.91 Å². The van der Waals surface area contributed by atoms with Gasteiger partial charge in [-0.15, -0.1) is 0 Å². The molecule has 1 aliphatic heterocycles. The Bertz CT molecular complexity index is 801. The van der Waals surface area contributed by atoms with Crippen molar-refractivity contribution >= 4 is 5.91 Å². The third-order valence-electron chi connectivity index (χ3n) is 5.99. The molecular weight excluding hydrogens is 336 g/mol. The number of carbonyl (C=O) groups excluding carboxylic acids is 1. The molecule has 1 heterocycles. The van der Waals surface area contributed by atoms with Gasteiger partial charge in [0.15, 0.2) is 0 Å². The quantitative estimate of drug-likeness (QED) is 0.815. The number of fused-ring (bicyclic) bond motifs is 2. The van der Waals surface area contributed by atoms with E-state index in [1.165, 1.54) is 12.8 Å². The van der Waals surface area contributed by atoms with E-state index in [4.69, 9.17) is 4.74 Å². The molecule has 2 bridgehead atoms. The van der Waals surface area contributed by atoms with Gasteiger partial charge in [-0.1, -0.05) is 12.1 Å². The predicted octanol–water partition coefficient (Wildman–Crippen LogP) is 4.20. The molecule has 2 aromatic rings. The summed E-state index contributed by atoms with van der Waals surface area (Å²) in [4.78, 5) is 17.4. The van der Waals surface area contributed by atoms with Crippen LogP contribution < -0.4 is 4.74 Å². The van der Waals surface area contributed by atoms with Crippen LogP contribution in [0.4, 0.5) is 0 Å². The number of hydrogen-bond acceptors (Lipinski definition) is 3. The van der Waals surface area contributed by atoms with Gasteiger partial charge in [-0.05, 0) is 87.7 Å². The van der Waals surface area contributed by atoms with Crippen LogP contribution in [-0.4, -0.2) is 48.9 Å². The van der Waals surface area contributed by atoms with Crippen LogP contribution in [0.5, 0.6) is 11.5 Å². The molecule has 0 aromatic heterocycles. The van der Waals surface area contributed by atoms with Crippen molar-refractivity contribution in [3.05, 3.63) is 59.7 Å². The smallest absolute Gasteiger partial charge is 0.253 e. The van der Waals surface area contributed by atoms with Crippen molar-refractivity contribution in [3.63, 3.8) is 0 Å². The second-order valence-corrected chi connectivity index (χ2v) is 8.20. The van der Waals surface area contributed by atoms with Crippen molar-refractivity contribution in [2.45, 2.75) is 25.8 Å². The highest BCUT2D eigenvalue weighted by Crippen LogP contribution is 2.39. The van der Waals surface area contributed by atoms with Crippen LogP contribution in [0.2, 0.25) is 0 Å². The fourth-order valence-corrected chi connectivity index (χ4v) is 4.87. The zero-order valence-corrected chi connectivity index (χ0v) is 16.4. The zero-order valence-electron chi connectivity index (χ0n) is 16.4. The number of amides is 1. The fourth-order valence-electron chi connectivity index (χ4n) is 4.87.